The summed E-state index contributed by atoms with van der Waals surface area (Å²) in [6.45, 7) is 5.63. The minimum Gasteiger partial charge on any atom is -0.302 e. The highest BCUT2D eigenvalue weighted by atomic mass is 35.5. The standard InChI is InChI=1S/C6H12ClN/c1-2-8-4-3-6(7)5-8/h6H,2-5H2,1H3/t6-/m0/s1. The highest BCUT2D eigenvalue weighted by Gasteiger charge is 2.17. The van der Waals surface area contributed by atoms with Gasteiger partial charge in [0.25, 0.3) is 0 Å². The lowest BCUT2D eigenvalue weighted by atomic mass is 10.4. The number of alkyl halides is 1. The van der Waals surface area contributed by atoms with Crippen LogP contribution in [0.5, 0.6) is 0 Å². The van der Waals surface area contributed by atoms with E-state index in [2.05, 4.69) is 11.8 Å². The molecule has 8 heavy (non-hydrogen) atoms. The summed E-state index contributed by atoms with van der Waals surface area (Å²) in [5.74, 6) is 0. The molecule has 0 aliphatic carbocycles. The first-order valence-corrected chi connectivity index (χ1v) is 3.63. The largest absolute Gasteiger partial charge is 0.302 e. The fourth-order valence-corrected chi connectivity index (χ4v) is 1.37. The molecule has 0 radical (unpaired) electrons. The molecule has 0 aromatic heterocycles. The maximum Gasteiger partial charge on any atom is 0.0475 e. The van der Waals surface area contributed by atoms with E-state index in [-0.39, 0.29) is 0 Å². The van der Waals surface area contributed by atoms with Gasteiger partial charge in [0.05, 0.1) is 0 Å². The van der Waals surface area contributed by atoms with Gasteiger partial charge in [-0.15, -0.1) is 11.6 Å². The molecule has 0 aromatic rings. The van der Waals surface area contributed by atoms with Gasteiger partial charge in [-0.2, -0.15) is 0 Å². The Morgan fingerprint density at radius 2 is 2.50 bits per heavy atom. The van der Waals surface area contributed by atoms with Crippen LogP contribution in [0.15, 0.2) is 0 Å². The first-order valence-electron chi connectivity index (χ1n) is 3.19. The molecule has 0 saturated carbocycles. The summed E-state index contributed by atoms with van der Waals surface area (Å²) in [6.07, 6.45) is 1.18. The minimum absolute atomic E-state index is 0.426. The van der Waals surface area contributed by atoms with E-state index >= 15 is 0 Å². The number of hydrogen-bond acceptors (Lipinski definition) is 1. The van der Waals surface area contributed by atoms with Crippen LogP contribution in [0.1, 0.15) is 13.3 Å². The molecule has 1 aliphatic heterocycles. The lowest BCUT2D eigenvalue weighted by molar-refractivity contribution is 0.359. The molecule has 1 fully saturated rings. The Kier molecular flexibility index (Phi) is 2.15. The zero-order chi connectivity index (χ0) is 5.98. The quantitative estimate of drug-likeness (QED) is 0.488. The van der Waals surface area contributed by atoms with Crippen LogP contribution in [-0.2, 0) is 0 Å². The van der Waals surface area contributed by atoms with Gasteiger partial charge in [0.15, 0.2) is 0 Å². The van der Waals surface area contributed by atoms with Crippen molar-refractivity contribution in [3.63, 3.8) is 0 Å². The van der Waals surface area contributed by atoms with Gasteiger partial charge in [0.2, 0.25) is 0 Å². The zero-order valence-electron chi connectivity index (χ0n) is 5.23. The number of rotatable bonds is 1. The monoisotopic (exact) mass is 133 g/mol. The number of likely N-dealkylation sites (tertiary alicyclic amines) is 1. The van der Waals surface area contributed by atoms with Crippen molar-refractivity contribution in [2.75, 3.05) is 19.6 Å². The van der Waals surface area contributed by atoms with Gasteiger partial charge in [0.1, 0.15) is 0 Å². The Labute approximate surface area is 55.6 Å². The van der Waals surface area contributed by atoms with Crippen molar-refractivity contribution in [3.8, 4) is 0 Å². The molecule has 1 atom stereocenters. The molecular formula is C6H12ClN. The minimum atomic E-state index is 0.426. The van der Waals surface area contributed by atoms with Crippen molar-refractivity contribution in [1.82, 2.24) is 4.90 Å². The van der Waals surface area contributed by atoms with Crippen LogP contribution >= 0.6 is 11.6 Å². The fraction of sp³-hybridized carbons (Fsp3) is 1.00. The number of halogens is 1. The van der Waals surface area contributed by atoms with Crippen LogP contribution in [0.2, 0.25) is 0 Å². The third-order valence-electron chi connectivity index (χ3n) is 1.66. The molecule has 2 heteroatoms. The van der Waals surface area contributed by atoms with Crippen molar-refractivity contribution in [2.45, 2.75) is 18.7 Å². The SMILES string of the molecule is CCN1CC[C@H](Cl)C1. The van der Waals surface area contributed by atoms with Gasteiger partial charge in [-0.1, -0.05) is 6.92 Å². The maximum absolute atomic E-state index is 5.84. The average Bonchev–Trinajstić information content (AvgIpc) is 2.14. The van der Waals surface area contributed by atoms with Crippen molar-refractivity contribution in [3.05, 3.63) is 0 Å². The molecule has 0 aromatic carbocycles. The van der Waals surface area contributed by atoms with E-state index in [9.17, 15) is 0 Å². The predicted octanol–water partition coefficient (Wildman–Crippen LogP) is 1.32. The Morgan fingerprint density at radius 1 is 1.75 bits per heavy atom. The van der Waals surface area contributed by atoms with Gasteiger partial charge < -0.3 is 4.90 Å². The van der Waals surface area contributed by atoms with Crippen LogP contribution in [0.4, 0.5) is 0 Å². The molecule has 0 spiro atoms. The second-order valence-electron chi connectivity index (χ2n) is 2.28. The van der Waals surface area contributed by atoms with Crippen molar-refractivity contribution >= 4 is 11.6 Å². The van der Waals surface area contributed by atoms with Crippen LogP contribution in [0.25, 0.3) is 0 Å². The van der Waals surface area contributed by atoms with Crippen molar-refractivity contribution in [1.29, 1.82) is 0 Å². The lowest BCUT2D eigenvalue weighted by Gasteiger charge is -2.09. The molecule has 1 nitrogen and oxygen atoms in total. The normalized spacial score (nSPS) is 31.5. The first-order chi connectivity index (χ1) is 3.83. The lowest BCUT2D eigenvalue weighted by Crippen LogP contribution is -2.19. The third kappa shape index (κ3) is 1.36. The Balaban J connectivity index is 2.22. The van der Waals surface area contributed by atoms with E-state index < -0.39 is 0 Å². The highest BCUT2D eigenvalue weighted by molar-refractivity contribution is 6.20. The van der Waals surface area contributed by atoms with Gasteiger partial charge in [-0.05, 0) is 19.5 Å². The number of nitrogens with zero attached hydrogens (tertiary/aromatic N) is 1. The van der Waals surface area contributed by atoms with Crippen LogP contribution in [-0.4, -0.2) is 29.9 Å². The van der Waals surface area contributed by atoms with Crippen LogP contribution in [0, 0.1) is 0 Å². The Bertz CT molecular complexity index is 74.9. The van der Waals surface area contributed by atoms with E-state index in [0.717, 1.165) is 13.1 Å². The summed E-state index contributed by atoms with van der Waals surface area (Å²) in [4.78, 5) is 2.37. The van der Waals surface area contributed by atoms with Gasteiger partial charge in [-0.3, -0.25) is 0 Å². The summed E-state index contributed by atoms with van der Waals surface area (Å²) in [6, 6.07) is 0. The topological polar surface area (TPSA) is 3.24 Å². The number of hydrogen-bond donors (Lipinski definition) is 0. The van der Waals surface area contributed by atoms with Crippen LogP contribution < -0.4 is 0 Å². The Morgan fingerprint density at radius 3 is 2.75 bits per heavy atom. The highest BCUT2D eigenvalue weighted by Crippen LogP contribution is 2.13. The van der Waals surface area contributed by atoms with E-state index in [1.165, 1.54) is 13.0 Å². The molecule has 48 valence electrons. The molecule has 0 bridgehead atoms. The summed E-state index contributed by atoms with van der Waals surface area (Å²) in [5.41, 5.74) is 0. The van der Waals surface area contributed by atoms with Crippen molar-refractivity contribution < 1.29 is 0 Å². The molecule has 0 unspecified atom stereocenters. The molecule has 1 rings (SSSR count). The van der Waals surface area contributed by atoms with Crippen molar-refractivity contribution in [2.24, 2.45) is 0 Å². The molecule has 1 heterocycles. The Hall–Kier alpha value is 0.250. The van der Waals surface area contributed by atoms with Crippen LogP contribution in [0.3, 0.4) is 0 Å². The molecule has 1 saturated heterocycles. The predicted molar refractivity (Wildman–Crippen MR) is 36.4 cm³/mol. The summed E-state index contributed by atoms with van der Waals surface area (Å²) >= 11 is 5.84. The second kappa shape index (κ2) is 2.70. The molecule has 0 amide bonds. The first kappa shape index (κ1) is 6.37. The summed E-state index contributed by atoms with van der Waals surface area (Å²) in [7, 11) is 0. The maximum atomic E-state index is 5.84. The molecular weight excluding hydrogens is 122 g/mol. The van der Waals surface area contributed by atoms with E-state index in [1.807, 2.05) is 0 Å². The average molecular weight is 134 g/mol. The molecule has 0 N–H and O–H groups in total. The van der Waals surface area contributed by atoms with Gasteiger partial charge >= 0.3 is 0 Å². The van der Waals surface area contributed by atoms with E-state index in [4.69, 9.17) is 11.6 Å². The van der Waals surface area contributed by atoms with Gasteiger partial charge in [-0.25, -0.2) is 0 Å². The van der Waals surface area contributed by atoms with E-state index in [1.54, 1.807) is 0 Å². The summed E-state index contributed by atoms with van der Waals surface area (Å²) in [5, 5.41) is 0.426. The molecule has 1 aliphatic rings. The zero-order valence-corrected chi connectivity index (χ0v) is 5.99. The fourth-order valence-electron chi connectivity index (χ4n) is 1.07. The van der Waals surface area contributed by atoms with Gasteiger partial charge in [0, 0.05) is 11.9 Å². The van der Waals surface area contributed by atoms with E-state index in [0.29, 0.717) is 5.38 Å². The summed E-state index contributed by atoms with van der Waals surface area (Å²) < 4.78 is 0. The third-order valence-corrected chi connectivity index (χ3v) is 2.02. The smallest absolute Gasteiger partial charge is 0.0475 e. The second-order valence-corrected chi connectivity index (χ2v) is 2.90.